The average molecular weight is 244 g/mol. The van der Waals surface area contributed by atoms with Crippen molar-refractivity contribution in [1.82, 2.24) is 9.55 Å². The van der Waals surface area contributed by atoms with E-state index in [1.165, 1.54) is 0 Å². The van der Waals surface area contributed by atoms with Gasteiger partial charge in [0.1, 0.15) is 5.54 Å². The number of aliphatic hydroxyl groups is 2. The van der Waals surface area contributed by atoms with Crippen LogP contribution in [0.15, 0.2) is 21.9 Å². The summed E-state index contributed by atoms with van der Waals surface area (Å²) in [6.45, 7) is 0. The molecule has 0 amide bonds. The fourth-order valence-electron chi connectivity index (χ4n) is 2.43. The van der Waals surface area contributed by atoms with E-state index in [1.807, 2.05) is 4.98 Å². The second-order valence-electron chi connectivity index (χ2n) is 4.31. The Morgan fingerprint density at radius 3 is 2.41 bits per heavy atom. The van der Waals surface area contributed by atoms with E-state index in [-0.39, 0.29) is 12.8 Å². The van der Waals surface area contributed by atoms with Crippen LogP contribution in [0.1, 0.15) is 25.7 Å². The molecule has 0 saturated heterocycles. The molecule has 7 heteroatoms. The zero-order valence-electron chi connectivity index (χ0n) is 9.02. The van der Waals surface area contributed by atoms with Gasteiger partial charge < -0.3 is 10.2 Å². The lowest BCUT2D eigenvalue weighted by Gasteiger charge is -2.36. The Hall–Kier alpha value is -1.47. The molecule has 94 valence electrons. The summed E-state index contributed by atoms with van der Waals surface area (Å²) >= 11 is 0. The van der Waals surface area contributed by atoms with Gasteiger partial charge in [-0.1, -0.05) is 12.8 Å². The molecule has 1 aromatic rings. The first-order valence-electron chi connectivity index (χ1n) is 5.33. The number of aromatic amines is 1. The highest BCUT2D eigenvalue weighted by Crippen LogP contribution is 2.43. The molecule has 0 aliphatic heterocycles. The van der Waals surface area contributed by atoms with E-state index in [9.17, 15) is 24.2 Å². The quantitative estimate of drug-likeness (QED) is 0.606. The normalized spacial score (nSPS) is 19.5. The number of nitrogens with zero attached hydrogens (tertiary/aromatic N) is 1. The van der Waals surface area contributed by atoms with Crippen molar-refractivity contribution in [3.05, 3.63) is 33.1 Å². The predicted molar refractivity (Wildman–Crippen MR) is 56.0 cm³/mol. The molecule has 1 fully saturated rings. The van der Waals surface area contributed by atoms with Crippen LogP contribution in [0.25, 0.3) is 0 Å². The van der Waals surface area contributed by atoms with E-state index in [1.54, 1.807) is 0 Å². The fourth-order valence-corrected chi connectivity index (χ4v) is 2.43. The maximum Gasteiger partial charge on any atom is 0.339 e. The molecule has 2 rings (SSSR count). The highest BCUT2D eigenvalue weighted by atomic mass is 19.2. The van der Waals surface area contributed by atoms with E-state index >= 15 is 0 Å². The number of nitrogens with one attached hydrogen (secondary N) is 1. The highest BCUT2D eigenvalue weighted by Gasteiger charge is 2.54. The van der Waals surface area contributed by atoms with E-state index in [0.29, 0.717) is 12.8 Å². The van der Waals surface area contributed by atoms with Gasteiger partial charge in [0.15, 0.2) is 0 Å². The number of hydrogen-bond acceptors (Lipinski definition) is 4. The molecule has 17 heavy (non-hydrogen) atoms. The van der Waals surface area contributed by atoms with Crippen LogP contribution in [-0.2, 0) is 5.54 Å². The Balaban J connectivity index is 2.62. The third kappa shape index (κ3) is 1.81. The van der Waals surface area contributed by atoms with Gasteiger partial charge in [-0.2, -0.15) is 4.39 Å². The van der Waals surface area contributed by atoms with Crippen LogP contribution < -0.4 is 11.2 Å². The minimum atomic E-state index is -3.49. The largest absolute Gasteiger partial charge is 0.339 e. The van der Waals surface area contributed by atoms with Crippen molar-refractivity contribution in [2.45, 2.75) is 37.3 Å². The van der Waals surface area contributed by atoms with Gasteiger partial charge in [-0.3, -0.25) is 14.3 Å². The zero-order valence-corrected chi connectivity index (χ0v) is 9.02. The summed E-state index contributed by atoms with van der Waals surface area (Å²) in [5.74, 6) is 0. The Morgan fingerprint density at radius 1 is 1.35 bits per heavy atom. The average Bonchev–Trinajstić information content (AvgIpc) is 2.66. The maximum absolute atomic E-state index is 13.6. The zero-order chi connectivity index (χ0) is 12.7. The Morgan fingerprint density at radius 2 is 1.94 bits per heavy atom. The van der Waals surface area contributed by atoms with Crippen molar-refractivity contribution in [2.75, 3.05) is 0 Å². The van der Waals surface area contributed by atoms with Gasteiger partial charge >= 0.3 is 11.7 Å². The number of H-pyrrole nitrogens is 1. The minimum absolute atomic E-state index is 0.127. The summed E-state index contributed by atoms with van der Waals surface area (Å²) in [4.78, 5) is 24.5. The van der Waals surface area contributed by atoms with Crippen LogP contribution >= 0.6 is 0 Å². The fraction of sp³-hybridized carbons (Fsp3) is 0.600. The summed E-state index contributed by atoms with van der Waals surface area (Å²) in [6, 6.07) is -2.45. The Kier molecular flexibility index (Phi) is 2.67. The summed E-state index contributed by atoms with van der Waals surface area (Å²) in [6.07, 6.45) is 2.51. The van der Waals surface area contributed by atoms with Gasteiger partial charge in [0.2, 0.25) is 0 Å². The van der Waals surface area contributed by atoms with E-state index in [4.69, 9.17) is 0 Å². The van der Waals surface area contributed by atoms with E-state index < -0.39 is 22.8 Å². The molecule has 0 radical (unpaired) electrons. The summed E-state index contributed by atoms with van der Waals surface area (Å²) in [5.41, 5.74) is -3.17. The second-order valence-corrected chi connectivity index (χ2v) is 4.31. The molecule has 0 bridgehead atoms. The molecule has 0 spiro atoms. The van der Waals surface area contributed by atoms with Gasteiger partial charge in [0.05, 0.1) is 0 Å². The van der Waals surface area contributed by atoms with Gasteiger partial charge in [-0.25, -0.2) is 4.79 Å². The number of aromatic nitrogens is 2. The van der Waals surface area contributed by atoms with Crippen molar-refractivity contribution in [3.63, 3.8) is 0 Å². The standard InChI is InChI=1S/C10H13FN2O4/c11-10(16,17)9(4-1-2-5-9)13-6-3-7(14)12-8(13)15/h3,6,16-17H,1-2,4-5H2,(H,12,14,15). The van der Waals surface area contributed by atoms with Crippen molar-refractivity contribution < 1.29 is 14.6 Å². The maximum atomic E-state index is 13.6. The number of hydrogen-bond donors (Lipinski definition) is 3. The number of halogens is 1. The molecule has 6 nitrogen and oxygen atoms in total. The molecule has 1 aliphatic carbocycles. The van der Waals surface area contributed by atoms with Crippen LogP contribution in [0, 0.1) is 0 Å². The van der Waals surface area contributed by atoms with Crippen LogP contribution in [-0.4, -0.2) is 25.8 Å². The smallest absolute Gasteiger partial charge is 0.338 e. The summed E-state index contributed by atoms with van der Waals surface area (Å²) in [7, 11) is 0. The monoisotopic (exact) mass is 244 g/mol. The lowest BCUT2D eigenvalue weighted by Crippen LogP contribution is -2.55. The molecule has 0 unspecified atom stereocenters. The molecule has 0 atom stereocenters. The van der Waals surface area contributed by atoms with Crippen molar-refractivity contribution in [2.24, 2.45) is 0 Å². The van der Waals surface area contributed by atoms with Gasteiger partial charge in [-0.15, -0.1) is 0 Å². The predicted octanol–water partition coefficient (Wildman–Crippen LogP) is -0.586. The Labute approximate surface area is 95.3 Å². The Bertz CT molecular complexity index is 522. The van der Waals surface area contributed by atoms with E-state index in [2.05, 4.69) is 0 Å². The third-order valence-corrected chi connectivity index (χ3v) is 3.31. The van der Waals surface area contributed by atoms with Crippen molar-refractivity contribution in [1.29, 1.82) is 0 Å². The summed E-state index contributed by atoms with van der Waals surface area (Å²) in [5, 5.41) is 18.5. The molecular formula is C10H13FN2O4. The molecule has 1 aromatic heterocycles. The first-order chi connectivity index (χ1) is 7.87. The number of rotatable bonds is 2. The second kappa shape index (κ2) is 3.78. The van der Waals surface area contributed by atoms with Crippen LogP contribution in [0.3, 0.4) is 0 Å². The molecule has 1 saturated carbocycles. The first-order valence-corrected chi connectivity index (χ1v) is 5.33. The van der Waals surface area contributed by atoms with E-state index in [0.717, 1.165) is 16.8 Å². The topological polar surface area (TPSA) is 95.3 Å². The van der Waals surface area contributed by atoms with Gasteiger partial charge in [-0.05, 0) is 12.8 Å². The van der Waals surface area contributed by atoms with Gasteiger partial charge in [0.25, 0.3) is 5.56 Å². The summed E-state index contributed by atoms with van der Waals surface area (Å²) < 4.78 is 14.4. The van der Waals surface area contributed by atoms with Crippen LogP contribution in [0.4, 0.5) is 4.39 Å². The molecular weight excluding hydrogens is 231 g/mol. The van der Waals surface area contributed by atoms with Gasteiger partial charge in [0, 0.05) is 12.3 Å². The van der Waals surface area contributed by atoms with Crippen LogP contribution in [0.2, 0.25) is 0 Å². The molecule has 0 aromatic carbocycles. The minimum Gasteiger partial charge on any atom is -0.338 e. The molecule has 1 aliphatic rings. The van der Waals surface area contributed by atoms with Crippen LogP contribution in [0.5, 0.6) is 0 Å². The highest BCUT2D eigenvalue weighted by molar-refractivity contribution is 5.00. The lowest BCUT2D eigenvalue weighted by atomic mass is 9.94. The first kappa shape index (κ1) is 12.0. The molecule has 1 heterocycles. The van der Waals surface area contributed by atoms with Crippen molar-refractivity contribution >= 4 is 0 Å². The number of alkyl halides is 1. The SMILES string of the molecule is O=c1ccn(C2(C(O)(O)F)CCCC2)c(=O)[nH]1. The molecule has 3 N–H and O–H groups in total. The third-order valence-electron chi connectivity index (χ3n) is 3.31. The lowest BCUT2D eigenvalue weighted by molar-refractivity contribution is -0.320. The van der Waals surface area contributed by atoms with Crippen molar-refractivity contribution in [3.8, 4) is 0 Å².